The van der Waals surface area contributed by atoms with Gasteiger partial charge in [-0.15, -0.1) is 0 Å². The van der Waals surface area contributed by atoms with Gasteiger partial charge in [0.15, 0.2) is 0 Å². The summed E-state index contributed by atoms with van der Waals surface area (Å²) in [4.78, 5) is 30.0. The minimum atomic E-state index is -0.113. The Kier molecular flexibility index (Phi) is 5.87. The van der Waals surface area contributed by atoms with E-state index in [2.05, 4.69) is 13.0 Å². The summed E-state index contributed by atoms with van der Waals surface area (Å²) < 4.78 is 0. The highest BCUT2D eigenvalue weighted by Gasteiger charge is 2.39. The van der Waals surface area contributed by atoms with E-state index >= 15 is 0 Å². The van der Waals surface area contributed by atoms with Crippen molar-refractivity contribution in [3.8, 4) is 0 Å². The molecule has 148 valence electrons. The van der Waals surface area contributed by atoms with Crippen molar-refractivity contribution >= 4 is 23.2 Å². The Labute approximate surface area is 168 Å². The third-order valence-electron chi connectivity index (χ3n) is 5.37. The molecule has 0 bridgehead atoms. The van der Waals surface area contributed by atoms with Crippen molar-refractivity contribution in [3.63, 3.8) is 0 Å². The van der Waals surface area contributed by atoms with Crippen molar-refractivity contribution in [2.75, 3.05) is 9.80 Å². The predicted octanol–water partition coefficient (Wildman–Crippen LogP) is 5.20. The van der Waals surface area contributed by atoms with Gasteiger partial charge in [-0.3, -0.25) is 9.59 Å². The van der Waals surface area contributed by atoms with Crippen LogP contribution in [0.25, 0.3) is 0 Å². The van der Waals surface area contributed by atoms with E-state index in [0.29, 0.717) is 6.42 Å². The molecule has 0 unspecified atom stereocenters. The molecule has 4 nitrogen and oxygen atoms in total. The zero-order valence-corrected chi connectivity index (χ0v) is 17.4. The van der Waals surface area contributed by atoms with E-state index in [0.717, 1.165) is 16.9 Å². The second kappa shape index (κ2) is 8.17. The average molecular weight is 379 g/mol. The molecule has 2 aromatic rings. The monoisotopic (exact) mass is 378 g/mol. The number of carbonyl (C=O) groups excluding carboxylic acids is 2. The van der Waals surface area contributed by atoms with E-state index in [9.17, 15) is 9.59 Å². The molecule has 3 rings (SSSR count). The van der Waals surface area contributed by atoms with Crippen LogP contribution in [0.15, 0.2) is 54.6 Å². The van der Waals surface area contributed by atoms with Crippen LogP contribution in [0.5, 0.6) is 0 Å². The SMILES string of the molecule is CC(C)C(=O)N1c2ccccc2[C@H](N(C(=O)C(C)C)c2ccccc2)C[C@H]1C. The van der Waals surface area contributed by atoms with Gasteiger partial charge in [0.1, 0.15) is 0 Å². The molecule has 1 heterocycles. The molecule has 1 aliphatic rings. The van der Waals surface area contributed by atoms with Crippen LogP contribution < -0.4 is 9.80 Å². The van der Waals surface area contributed by atoms with Gasteiger partial charge in [0.05, 0.1) is 6.04 Å². The highest BCUT2D eigenvalue weighted by molar-refractivity contribution is 5.99. The fourth-order valence-corrected chi connectivity index (χ4v) is 3.97. The maximum absolute atomic E-state index is 13.2. The van der Waals surface area contributed by atoms with Crippen LogP contribution in [0.3, 0.4) is 0 Å². The van der Waals surface area contributed by atoms with Gasteiger partial charge in [-0.05, 0) is 37.1 Å². The quantitative estimate of drug-likeness (QED) is 0.734. The van der Waals surface area contributed by atoms with Crippen LogP contribution in [0.4, 0.5) is 11.4 Å². The highest BCUT2D eigenvalue weighted by Crippen LogP contribution is 2.43. The summed E-state index contributed by atoms with van der Waals surface area (Å²) in [5.74, 6) is 0.0364. The van der Waals surface area contributed by atoms with Gasteiger partial charge >= 0.3 is 0 Å². The molecule has 2 atom stereocenters. The Morgan fingerprint density at radius 3 is 2.14 bits per heavy atom. The maximum atomic E-state index is 13.2. The van der Waals surface area contributed by atoms with Crippen LogP contribution in [0.1, 0.15) is 52.6 Å². The lowest BCUT2D eigenvalue weighted by molar-refractivity contribution is -0.122. The molecule has 2 amide bonds. The number of hydrogen-bond donors (Lipinski definition) is 0. The second-order valence-electron chi connectivity index (χ2n) is 8.22. The van der Waals surface area contributed by atoms with Gasteiger partial charge in [0.25, 0.3) is 0 Å². The van der Waals surface area contributed by atoms with Gasteiger partial charge in [-0.2, -0.15) is 0 Å². The zero-order chi connectivity index (χ0) is 20.4. The second-order valence-corrected chi connectivity index (χ2v) is 8.22. The number of anilines is 2. The molecule has 28 heavy (non-hydrogen) atoms. The number of carbonyl (C=O) groups is 2. The van der Waals surface area contributed by atoms with Gasteiger partial charge in [0.2, 0.25) is 11.8 Å². The minimum absolute atomic E-state index is 0.0148. The lowest BCUT2D eigenvalue weighted by Gasteiger charge is -2.44. The summed E-state index contributed by atoms with van der Waals surface area (Å²) >= 11 is 0. The third kappa shape index (κ3) is 3.68. The molecule has 1 aliphatic heterocycles. The number of para-hydroxylation sites is 2. The molecule has 0 saturated carbocycles. The molecule has 0 saturated heterocycles. The molecular weight excluding hydrogens is 348 g/mol. The molecule has 0 aromatic heterocycles. The number of nitrogens with zero attached hydrogens (tertiary/aromatic N) is 2. The smallest absolute Gasteiger partial charge is 0.230 e. The van der Waals surface area contributed by atoms with Gasteiger partial charge in [-0.25, -0.2) is 0 Å². The van der Waals surface area contributed by atoms with Crippen molar-refractivity contribution in [1.29, 1.82) is 0 Å². The lowest BCUT2D eigenvalue weighted by atomic mass is 9.88. The average Bonchev–Trinajstić information content (AvgIpc) is 2.68. The highest BCUT2D eigenvalue weighted by atomic mass is 16.2. The predicted molar refractivity (Wildman–Crippen MR) is 114 cm³/mol. The van der Waals surface area contributed by atoms with Crippen LogP contribution in [0, 0.1) is 11.8 Å². The summed E-state index contributed by atoms with van der Waals surface area (Å²) in [5.41, 5.74) is 2.85. The van der Waals surface area contributed by atoms with Crippen molar-refractivity contribution in [3.05, 3.63) is 60.2 Å². The van der Waals surface area contributed by atoms with E-state index in [1.165, 1.54) is 0 Å². The Balaban J connectivity index is 2.13. The van der Waals surface area contributed by atoms with E-state index < -0.39 is 0 Å². The summed E-state index contributed by atoms with van der Waals surface area (Å²) in [6, 6.07) is 17.8. The van der Waals surface area contributed by atoms with Crippen LogP contribution in [-0.2, 0) is 9.59 Å². The van der Waals surface area contributed by atoms with Crippen LogP contribution in [0.2, 0.25) is 0 Å². The Morgan fingerprint density at radius 2 is 1.54 bits per heavy atom. The number of hydrogen-bond acceptors (Lipinski definition) is 2. The molecule has 2 aromatic carbocycles. The van der Waals surface area contributed by atoms with Gasteiger partial charge < -0.3 is 9.80 Å². The first-order valence-electron chi connectivity index (χ1n) is 10.1. The molecule has 0 N–H and O–H groups in total. The first kappa shape index (κ1) is 20.1. The zero-order valence-electron chi connectivity index (χ0n) is 17.4. The van der Waals surface area contributed by atoms with Crippen LogP contribution >= 0.6 is 0 Å². The van der Waals surface area contributed by atoms with E-state index in [1.54, 1.807) is 0 Å². The summed E-state index contributed by atoms with van der Waals surface area (Å²) in [6.07, 6.45) is 0.711. The van der Waals surface area contributed by atoms with Crippen molar-refractivity contribution in [1.82, 2.24) is 0 Å². The van der Waals surface area contributed by atoms with E-state index in [-0.39, 0.29) is 35.7 Å². The standard InChI is InChI=1S/C24H30N2O2/c1-16(2)23(27)25-18(5)15-22(20-13-9-10-14-21(20)25)26(24(28)17(3)4)19-11-7-6-8-12-19/h6-14,16-18,22H,15H2,1-5H3/t18-,22-/m1/s1. The molecule has 0 fully saturated rings. The molecule has 0 spiro atoms. The van der Waals surface area contributed by atoms with Crippen molar-refractivity contribution in [2.24, 2.45) is 11.8 Å². The largest absolute Gasteiger partial charge is 0.309 e. The summed E-state index contributed by atoms with van der Waals surface area (Å²) in [7, 11) is 0. The Hall–Kier alpha value is -2.62. The van der Waals surface area contributed by atoms with Crippen molar-refractivity contribution in [2.45, 2.75) is 53.1 Å². The Morgan fingerprint density at radius 1 is 0.929 bits per heavy atom. The van der Waals surface area contributed by atoms with Crippen LogP contribution in [-0.4, -0.2) is 17.9 Å². The molecule has 0 radical (unpaired) electrons. The maximum Gasteiger partial charge on any atom is 0.230 e. The summed E-state index contributed by atoms with van der Waals surface area (Å²) in [5, 5.41) is 0. The molecule has 4 heteroatoms. The number of benzene rings is 2. The Bertz CT molecular complexity index is 845. The number of rotatable bonds is 4. The number of amides is 2. The first-order chi connectivity index (χ1) is 13.3. The fraction of sp³-hybridized carbons (Fsp3) is 0.417. The molecule has 0 aliphatic carbocycles. The summed E-state index contributed by atoms with van der Waals surface area (Å²) in [6.45, 7) is 9.81. The molecular formula is C24H30N2O2. The lowest BCUT2D eigenvalue weighted by Crippen LogP contribution is -2.49. The fourth-order valence-electron chi connectivity index (χ4n) is 3.97. The van der Waals surface area contributed by atoms with Gasteiger partial charge in [-0.1, -0.05) is 64.1 Å². The van der Waals surface area contributed by atoms with Gasteiger partial charge in [0, 0.05) is 29.3 Å². The first-order valence-corrected chi connectivity index (χ1v) is 10.1. The van der Waals surface area contributed by atoms with E-state index in [1.807, 2.05) is 86.0 Å². The normalized spacial score (nSPS) is 18.9. The minimum Gasteiger partial charge on any atom is -0.309 e. The van der Waals surface area contributed by atoms with E-state index in [4.69, 9.17) is 0 Å². The topological polar surface area (TPSA) is 40.6 Å². The third-order valence-corrected chi connectivity index (χ3v) is 5.37. The number of fused-ring (bicyclic) bond motifs is 1. The van der Waals surface area contributed by atoms with Crippen molar-refractivity contribution < 1.29 is 9.59 Å².